The molecule has 2 heterocycles. The number of benzene rings is 4. The van der Waals surface area contributed by atoms with Crippen LogP contribution in [0.15, 0.2) is 114 Å². The van der Waals surface area contributed by atoms with Gasteiger partial charge in [-0.1, -0.05) is 78.9 Å². The smallest absolute Gasteiger partial charge is 0.159 e. The number of nitrogens with zero attached hydrogens (tertiary/aromatic N) is 2. The van der Waals surface area contributed by atoms with E-state index in [0.717, 1.165) is 38.8 Å². The van der Waals surface area contributed by atoms with Gasteiger partial charge in [-0.05, 0) is 35.4 Å². The van der Waals surface area contributed by atoms with Crippen molar-refractivity contribution in [2.45, 2.75) is 0 Å². The van der Waals surface area contributed by atoms with E-state index in [1.165, 1.54) is 11.1 Å². The average molecular weight is 398 g/mol. The Morgan fingerprint density at radius 1 is 0.516 bits per heavy atom. The molecule has 6 aromatic rings. The van der Waals surface area contributed by atoms with Gasteiger partial charge in [-0.2, -0.15) is 0 Å². The minimum absolute atomic E-state index is 0.710. The Labute approximate surface area is 179 Å². The molecule has 0 spiro atoms. The van der Waals surface area contributed by atoms with Crippen LogP contribution in [-0.2, 0) is 0 Å². The molecule has 0 aliphatic heterocycles. The highest BCUT2D eigenvalue weighted by Crippen LogP contribution is 2.32. The van der Waals surface area contributed by atoms with E-state index in [4.69, 9.17) is 9.40 Å². The van der Waals surface area contributed by atoms with E-state index in [1.54, 1.807) is 0 Å². The molecule has 0 saturated heterocycles. The number of hydrogen-bond donors (Lipinski definition) is 0. The first-order chi connectivity index (χ1) is 15.3. The first kappa shape index (κ1) is 17.6. The van der Waals surface area contributed by atoms with Crippen LogP contribution in [0.2, 0.25) is 0 Å². The maximum absolute atomic E-state index is 6.04. The van der Waals surface area contributed by atoms with E-state index in [-0.39, 0.29) is 0 Å². The van der Waals surface area contributed by atoms with Gasteiger partial charge in [0, 0.05) is 28.1 Å². The molecule has 2 aromatic heterocycles. The maximum Gasteiger partial charge on any atom is 0.159 e. The van der Waals surface area contributed by atoms with E-state index >= 15 is 0 Å². The van der Waals surface area contributed by atoms with Crippen molar-refractivity contribution in [1.82, 2.24) is 9.97 Å². The van der Waals surface area contributed by atoms with Crippen LogP contribution in [0.4, 0.5) is 0 Å². The van der Waals surface area contributed by atoms with Crippen molar-refractivity contribution in [1.29, 1.82) is 0 Å². The van der Waals surface area contributed by atoms with Gasteiger partial charge in [0.25, 0.3) is 0 Å². The lowest BCUT2D eigenvalue weighted by molar-refractivity contribution is 0.669. The van der Waals surface area contributed by atoms with Crippen LogP contribution in [0.1, 0.15) is 0 Å². The van der Waals surface area contributed by atoms with Crippen molar-refractivity contribution in [3.8, 4) is 33.8 Å². The van der Waals surface area contributed by atoms with E-state index in [1.807, 2.05) is 36.5 Å². The lowest BCUT2D eigenvalue weighted by Crippen LogP contribution is -1.91. The molecule has 3 nitrogen and oxygen atoms in total. The number of hydrogen-bond acceptors (Lipinski definition) is 3. The number of furan rings is 1. The van der Waals surface area contributed by atoms with Gasteiger partial charge >= 0.3 is 0 Å². The normalized spacial score (nSPS) is 11.2. The Morgan fingerprint density at radius 2 is 1.19 bits per heavy atom. The van der Waals surface area contributed by atoms with Crippen molar-refractivity contribution in [3.63, 3.8) is 0 Å². The maximum atomic E-state index is 6.04. The number of aromatic nitrogens is 2. The van der Waals surface area contributed by atoms with Gasteiger partial charge in [0.2, 0.25) is 0 Å². The molecule has 0 aliphatic carbocycles. The molecular weight excluding hydrogens is 380 g/mol. The number of fused-ring (bicyclic) bond motifs is 3. The zero-order valence-corrected chi connectivity index (χ0v) is 16.7. The summed E-state index contributed by atoms with van der Waals surface area (Å²) in [6.07, 6.45) is 1.81. The van der Waals surface area contributed by atoms with Gasteiger partial charge in [0.15, 0.2) is 5.82 Å². The quantitative estimate of drug-likeness (QED) is 0.312. The summed E-state index contributed by atoms with van der Waals surface area (Å²) in [5, 5.41) is 2.25. The molecule has 6 rings (SSSR count). The fourth-order valence-corrected chi connectivity index (χ4v) is 3.99. The largest absolute Gasteiger partial charge is 0.456 e. The van der Waals surface area contributed by atoms with Crippen LogP contribution >= 0.6 is 0 Å². The molecule has 3 heteroatoms. The topological polar surface area (TPSA) is 38.9 Å². The third kappa shape index (κ3) is 3.17. The van der Waals surface area contributed by atoms with Crippen molar-refractivity contribution < 1.29 is 4.42 Å². The van der Waals surface area contributed by atoms with E-state index in [0.29, 0.717) is 5.82 Å². The fraction of sp³-hybridized carbons (Fsp3) is 0. The van der Waals surface area contributed by atoms with E-state index in [9.17, 15) is 0 Å². The molecule has 0 amide bonds. The lowest BCUT2D eigenvalue weighted by Gasteiger charge is -2.06. The molecule has 0 radical (unpaired) electrons. The van der Waals surface area contributed by atoms with Crippen LogP contribution in [0.3, 0.4) is 0 Å². The molecular formula is C28H18N2O. The number of rotatable bonds is 3. The molecule has 0 saturated carbocycles. The summed E-state index contributed by atoms with van der Waals surface area (Å²) in [6, 6.07) is 35.0. The highest BCUT2D eigenvalue weighted by atomic mass is 16.3. The standard InChI is InChI=1S/C28H18N2O/c1-2-6-19(7-3-1)20-10-12-21(13-11-20)28-29-17-16-25(30-28)22-14-15-24-23-8-4-5-9-26(23)31-27(24)18-22/h1-18H. The van der Waals surface area contributed by atoms with Gasteiger partial charge in [-0.15, -0.1) is 0 Å². The van der Waals surface area contributed by atoms with Gasteiger partial charge in [0.1, 0.15) is 11.2 Å². The molecule has 31 heavy (non-hydrogen) atoms. The van der Waals surface area contributed by atoms with Gasteiger partial charge in [-0.3, -0.25) is 0 Å². The van der Waals surface area contributed by atoms with Gasteiger partial charge in [0.05, 0.1) is 5.69 Å². The second kappa shape index (κ2) is 7.22. The van der Waals surface area contributed by atoms with Crippen LogP contribution in [0, 0.1) is 0 Å². The third-order valence-electron chi connectivity index (χ3n) is 5.58. The molecule has 0 aliphatic rings. The second-order valence-electron chi connectivity index (χ2n) is 7.52. The molecule has 0 bridgehead atoms. The van der Waals surface area contributed by atoms with E-state index in [2.05, 4.69) is 77.8 Å². The summed E-state index contributed by atoms with van der Waals surface area (Å²) < 4.78 is 6.04. The monoisotopic (exact) mass is 398 g/mol. The molecule has 4 aromatic carbocycles. The van der Waals surface area contributed by atoms with E-state index < -0.39 is 0 Å². The third-order valence-corrected chi connectivity index (χ3v) is 5.58. The zero-order valence-electron chi connectivity index (χ0n) is 16.7. The van der Waals surface area contributed by atoms with Crippen molar-refractivity contribution in [3.05, 3.63) is 109 Å². The molecule has 0 N–H and O–H groups in total. The summed E-state index contributed by atoms with van der Waals surface area (Å²) >= 11 is 0. The minimum atomic E-state index is 0.710. The highest BCUT2D eigenvalue weighted by Gasteiger charge is 2.10. The zero-order chi connectivity index (χ0) is 20.6. The lowest BCUT2D eigenvalue weighted by atomic mass is 10.0. The van der Waals surface area contributed by atoms with Gasteiger partial charge in [-0.25, -0.2) is 9.97 Å². The van der Waals surface area contributed by atoms with Crippen LogP contribution in [0.25, 0.3) is 55.7 Å². The Hall–Kier alpha value is -4.24. The molecule has 0 atom stereocenters. The summed E-state index contributed by atoms with van der Waals surface area (Å²) in [7, 11) is 0. The van der Waals surface area contributed by atoms with Gasteiger partial charge < -0.3 is 4.42 Å². The SMILES string of the molecule is c1ccc(-c2ccc(-c3nccc(-c4ccc5c(c4)oc4ccccc45)n3)cc2)cc1. The Balaban J connectivity index is 1.37. The first-order valence-electron chi connectivity index (χ1n) is 10.3. The van der Waals surface area contributed by atoms with Crippen LogP contribution < -0.4 is 0 Å². The minimum Gasteiger partial charge on any atom is -0.456 e. The van der Waals surface area contributed by atoms with Crippen molar-refractivity contribution in [2.75, 3.05) is 0 Å². The molecule has 0 fully saturated rings. The van der Waals surface area contributed by atoms with Crippen molar-refractivity contribution >= 4 is 21.9 Å². The fourth-order valence-electron chi connectivity index (χ4n) is 3.99. The second-order valence-corrected chi connectivity index (χ2v) is 7.52. The Morgan fingerprint density at radius 3 is 2.06 bits per heavy atom. The molecule has 0 unspecified atom stereocenters. The summed E-state index contributed by atoms with van der Waals surface area (Å²) in [6.45, 7) is 0. The molecule has 146 valence electrons. The summed E-state index contributed by atoms with van der Waals surface area (Å²) in [5.74, 6) is 0.710. The summed E-state index contributed by atoms with van der Waals surface area (Å²) in [5.41, 5.74) is 7.02. The average Bonchev–Trinajstić information content (AvgIpc) is 3.23. The predicted molar refractivity (Wildman–Crippen MR) is 126 cm³/mol. The van der Waals surface area contributed by atoms with Crippen molar-refractivity contribution in [2.24, 2.45) is 0 Å². The Kier molecular flexibility index (Phi) is 4.10. The highest BCUT2D eigenvalue weighted by molar-refractivity contribution is 6.05. The summed E-state index contributed by atoms with van der Waals surface area (Å²) in [4.78, 5) is 9.32. The number of para-hydroxylation sites is 1. The first-order valence-corrected chi connectivity index (χ1v) is 10.3. The van der Waals surface area contributed by atoms with Crippen LogP contribution in [-0.4, -0.2) is 9.97 Å². The predicted octanol–water partition coefficient (Wildman–Crippen LogP) is 7.38. The Bertz CT molecular complexity index is 1520. The van der Waals surface area contributed by atoms with Crippen LogP contribution in [0.5, 0.6) is 0 Å².